The van der Waals surface area contributed by atoms with Gasteiger partial charge in [-0.3, -0.25) is 4.79 Å². The van der Waals surface area contributed by atoms with E-state index in [9.17, 15) is 18.0 Å². The van der Waals surface area contributed by atoms with Gasteiger partial charge in [0.25, 0.3) is 0 Å². The Bertz CT molecular complexity index is 1180. The molecule has 1 aliphatic rings. The fourth-order valence-electron chi connectivity index (χ4n) is 4.85. The van der Waals surface area contributed by atoms with Gasteiger partial charge in [0, 0.05) is 18.8 Å². The second kappa shape index (κ2) is 11.3. The van der Waals surface area contributed by atoms with Crippen LogP contribution < -0.4 is 11.1 Å². The fourth-order valence-corrected chi connectivity index (χ4v) is 6.44. The van der Waals surface area contributed by atoms with Crippen LogP contribution in [0.15, 0.2) is 72.8 Å². The highest BCUT2D eigenvalue weighted by molar-refractivity contribution is 8.00. The molecule has 0 saturated heterocycles. The van der Waals surface area contributed by atoms with Gasteiger partial charge < -0.3 is 16.0 Å². The maximum Gasteiger partial charge on any atom is 0.416 e. The molecular formula is C29H32F3N3OS. The number of nitrogens with zero attached hydrogens (tertiary/aromatic N) is 1. The molecular weight excluding hydrogens is 495 g/mol. The number of carbonyl (C=O) groups is 1. The van der Waals surface area contributed by atoms with Crippen LogP contribution in [-0.4, -0.2) is 49.8 Å². The van der Waals surface area contributed by atoms with Gasteiger partial charge in [-0.05, 0) is 66.9 Å². The molecule has 0 fully saturated rings. The summed E-state index contributed by atoms with van der Waals surface area (Å²) in [6.07, 6.45) is -2.80. The van der Waals surface area contributed by atoms with Gasteiger partial charge in [-0.15, -0.1) is 11.8 Å². The zero-order valence-electron chi connectivity index (χ0n) is 21.0. The summed E-state index contributed by atoms with van der Waals surface area (Å²) in [6, 6.07) is 20.8. The molecule has 0 aliphatic heterocycles. The second-order valence-electron chi connectivity index (χ2n) is 9.58. The van der Waals surface area contributed by atoms with E-state index in [1.165, 1.54) is 11.8 Å². The average molecular weight is 528 g/mol. The molecule has 0 aromatic heterocycles. The number of aryl methyl sites for hydroxylation is 2. The average Bonchev–Trinajstić information content (AvgIpc) is 3.02. The van der Waals surface area contributed by atoms with Gasteiger partial charge >= 0.3 is 6.18 Å². The van der Waals surface area contributed by atoms with Crippen molar-refractivity contribution < 1.29 is 18.0 Å². The first-order valence-electron chi connectivity index (χ1n) is 12.3. The molecule has 1 atom stereocenters. The van der Waals surface area contributed by atoms with Crippen LogP contribution in [-0.2, 0) is 28.6 Å². The zero-order chi connectivity index (χ0) is 26.6. The van der Waals surface area contributed by atoms with Crippen molar-refractivity contribution in [3.8, 4) is 0 Å². The number of thioether (sulfide) groups is 1. The van der Waals surface area contributed by atoms with E-state index in [2.05, 4.69) is 17.4 Å². The van der Waals surface area contributed by atoms with Crippen molar-refractivity contribution in [1.82, 2.24) is 10.2 Å². The van der Waals surface area contributed by atoms with Gasteiger partial charge in [0.05, 0.1) is 16.4 Å². The zero-order valence-corrected chi connectivity index (χ0v) is 21.8. The lowest BCUT2D eigenvalue weighted by molar-refractivity contribution is -0.137. The third-order valence-corrected chi connectivity index (χ3v) is 8.38. The summed E-state index contributed by atoms with van der Waals surface area (Å²) < 4.78 is 39.5. The molecule has 0 radical (unpaired) electrons. The normalized spacial score (nSPS) is 15.4. The number of nitrogens with one attached hydrogen (secondary N) is 1. The number of carbonyl (C=O) groups excluding carboxylic acids is 1. The summed E-state index contributed by atoms with van der Waals surface area (Å²) >= 11 is 1.51. The van der Waals surface area contributed by atoms with Crippen LogP contribution in [0.25, 0.3) is 0 Å². The summed E-state index contributed by atoms with van der Waals surface area (Å²) in [5.74, 6) is 0.0458. The minimum absolute atomic E-state index is 0.243. The van der Waals surface area contributed by atoms with E-state index in [4.69, 9.17) is 5.73 Å². The first-order chi connectivity index (χ1) is 17.6. The number of fused-ring (bicyclic) bond motifs is 2. The third-order valence-electron chi connectivity index (χ3n) is 6.75. The summed E-state index contributed by atoms with van der Waals surface area (Å²) in [7, 11) is 3.85. The minimum atomic E-state index is -4.43. The van der Waals surface area contributed by atoms with Crippen LogP contribution in [0.3, 0.4) is 0 Å². The number of hydrogen-bond acceptors (Lipinski definition) is 4. The fraction of sp³-hybridized carbons (Fsp3) is 0.345. The van der Waals surface area contributed by atoms with Crippen molar-refractivity contribution in [2.75, 3.05) is 32.9 Å². The van der Waals surface area contributed by atoms with Crippen molar-refractivity contribution >= 4 is 17.7 Å². The van der Waals surface area contributed by atoms with E-state index < -0.39 is 22.5 Å². The Balaban J connectivity index is 1.80. The van der Waals surface area contributed by atoms with Crippen LogP contribution in [0, 0.1) is 0 Å². The van der Waals surface area contributed by atoms with Crippen LogP contribution in [0.2, 0.25) is 0 Å². The Morgan fingerprint density at radius 1 is 0.973 bits per heavy atom. The number of halogens is 3. The largest absolute Gasteiger partial charge is 0.416 e. The number of alkyl halides is 3. The van der Waals surface area contributed by atoms with Gasteiger partial charge in [-0.25, -0.2) is 0 Å². The minimum Gasteiger partial charge on any atom is -0.353 e. The summed E-state index contributed by atoms with van der Waals surface area (Å²) in [4.78, 5) is 14.7. The third kappa shape index (κ3) is 5.87. The lowest BCUT2D eigenvalue weighted by Gasteiger charge is -2.37. The molecule has 4 nitrogen and oxygen atoms in total. The summed E-state index contributed by atoms with van der Waals surface area (Å²) in [6.45, 7) is 1.18. The van der Waals surface area contributed by atoms with Crippen molar-refractivity contribution in [3.05, 3.63) is 106 Å². The molecule has 4 rings (SSSR count). The number of rotatable bonds is 8. The molecule has 1 amide bonds. The highest BCUT2D eigenvalue weighted by atomic mass is 32.2. The molecule has 3 N–H and O–H groups in total. The molecule has 196 valence electrons. The Hall–Kier alpha value is -2.81. The van der Waals surface area contributed by atoms with Crippen LogP contribution in [0.5, 0.6) is 0 Å². The van der Waals surface area contributed by atoms with Crippen molar-refractivity contribution in [1.29, 1.82) is 0 Å². The molecule has 3 aromatic carbocycles. The Morgan fingerprint density at radius 3 is 2.03 bits per heavy atom. The molecule has 0 spiro atoms. The molecule has 3 aromatic rings. The van der Waals surface area contributed by atoms with E-state index >= 15 is 0 Å². The highest BCUT2D eigenvalue weighted by Crippen LogP contribution is 2.52. The topological polar surface area (TPSA) is 58.4 Å². The van der Waals surface area contributed by atoms with Crippen LogP contribution in [0.4, 0.5) is 13.2 Å². The highest BCUT2D eigenvalue weighted by Gasteiger charge is 2.42. The number of hydrogen-bond donors (Lipinski definition) is 2. The first kappa shape index (κ1) is 27.2. The van der Waals surface area contributed by atoms with Crippen LogP contribution in [0.1, 0.15) is 33.4 Å². The lowest BCUT2D eigenvalue weighted by Crippen LogP contribution is -2.45. The molecule has 0 heterocycles. The molecule has 0 bridgehead atoms. The van der Waals surface area contributed by atoms with E-state index in [1.54, 1.807) is 12.1 Å². The predicted molar refractivity (Wildman–Crippen MR) is 144 cm³/mol. The Labute approximate surface area is 220 Å². The van der Waals surface area contributed by atoms with Crippen molar-refractivity contribution in [2.45, 2.75) is 29.8 Å². The second-order valence-corrected chi connectivity index (χ2v) is 10.8. The Kier molecular flexibility index (Phi) is 8.31. The molecule has 1 unspecified atom stereocenters. The monoisotopic (exact) mass is 527 g/mol. The molecule has 0 saturated carbocycles. The lowest BCUT2D eigenvalue weighted by atomic mass is 9.81. The summed E-state index contributed by atoms with van der Waals surface area (Å²) in [5, 5.41) is 2.88. The van der Waals surface area contributed by atoms with E-state index in [1.807, 2.05) is 55.4 Å². The van der Waals surface area contributed by atoms with Gasteiger partial charge in [0.2, 0.25) is 5.91 Å². The molecule has 8 heteroatoms. The number of benzene rings is 3. The van der Waals surface area contributed by atoms with Crippen LogP contribution >= 0.6 is 11.8 Å². The SMILES string of the molecule is CN(C)CCNC(=O)C(N)CSC1(c2ccc(C(F)(F)F)cc2)c2ccccc2CCc2ccccc21. The quantitative estimate of drug-likeness (QED) is 0.441. The Morgan fingerprint density at radius 2 is 1.51 bits per heavy atom. The van der Waals surface area contributed by atoms with Crippen molar-refractivity contribution in [3.63, 3.8) is 0 Å². The number of likely N-dealkylation sites (N-methyl/N-ethyl adjacent to an activating group) is 1. The van der Waals surface area contributed by atoms with Gasteiger partial charge in [0.1, 0.15) is 0 Å². The number of nitrogens with two attached hydrogens (primary N) is 1. The molecule has 1 aliphatic carbocycles. The smallest absolute Gasteiger partial charge is 0.353 e. The first-order valence-corrected chi connectivity index (χ1v) is 13.3. The summed E-state index contributed by atoms with van der Waals surface area (Å²) in [5.41, 5.74) is 10.7. The predicted octanol–water partition coefficient (Wildman–Crippen LogP) is 4.83. The van der Waals surface area contributed by atoms with Gasteiger partial charge in [0.15, 0.2) is 0 Å². The molecule has 37 heavy (non-hydrogen) atoms. The maximum absolute atomic E-state index is 13.4. The maximum atomic E-state index is 13.4. The number of amides is 1. The standard InChI is InChI=1S/C29H32F3N3OS/c1-35(2)18-17-34-27(36)26(33)19-37-28(22-13-15-23(16-14-22)29(30,31)32)24-9-5-3-7-20(24)11-12-21-8-4-6-10-25(21)28/h3-10,13-16,26H,11-12,17-19,33H2,1-2H3,(H,34,36). The van der Waals surface area contributed by atoms with Gasteiger partial charge in [-0.1, -0.05) is 60.7 Å². The van der Waals surface area contributed by atoms with Gasteiger partial charge in [-0.2, -0.15) is 13.2 Å². The van der Waals surface area contributed by atoms with E-state index in [0.29, 0.717) is 13.1 Å². The van der Waals surface area contributed by atoms with Crippen molar-refractivity contribution in [2.24, 2.45) is 5.73 Å². The van der Waals surface area contributed by atoms with E-state index in [0.717, 1.165) is 52.8 Å². The van der Waals surface area contributed by atoms with E-state index in [-0.39, 0.29) is 11.7 Å².